The Labute approximate surface area is 183 Å². The normalized spacial score (nSPS) is 15.5. The number of piperidine rings is 1. The molecule has 166 valence electrons. The van der Waals surface area contributed by atoms with E-state index in [1.165, 1.54) is 0 Å². The summed E-state index contributed by atoms with van der Waals surface area (Å²) in [5, 5.41) is 12.9. The standard InChI is InChI=1S/C23H32N6O2/c1-17-6-7-22(31-15-14-30)20(25-17)16-29-21-5-3-2-4-19(21)27-23(29)26-18-8-11-28(12-9-18)13-10-24/h2-7,18,30H,8-16,24H2,1H3,(H,26,27). The Kier molecular flexibility index (Phi) is 7.01. The highest BCUT2D eigenvalue weighted by Crippen LogP contribution is 2.26. The van der Waals surface area contributed by atoms with Gasteiger partial charge in [-0.05, 0) is 44.0 Å². The van der Waals surface area contributed by atoms with Crippen LogP contribution in [0.1, 0.15) is 24.2 Å². The molecule has 4 N–H and O–H groups in total. The van der Waals surface area contributed by atoms with Crippen molar-refractivity contribution in [2.75, 3.05) is 44.7 Å². The third-order valence-electron chi connectivity index (χ3n) is 5.75. The predicted molar refractivity (Wildman–Crippen MR) is 123 cm³/mol. The molecule has 2 aromatic heterocycles. The number of hydrogen-bond acceptors (Lipinski definition) is 7. The van der Waals surface area contributed by atoms with Crippen LogP contribution in [0.4, 0.5) is 5.95 Å². The van der Waals surface area contributed by atoms with Crippen molar-refractivity contribution in [1.82, 2.24) is 19.4 Å². The van der Waals surface area contributed by atoms with Crippen molar-refractivity contribution in [3.8, 4) is 5.75 Å². The summed E-state index contributed by atoms with van der Waals surface area (Å²) in [5.74, 6) is 1.55. The van der Waals surface area contributed by atoms with Crippen LogP contribution >= 0.6 is 0 Å². The zero-order chi connectivity index (χ0) is 21.6. The molecule has 0 amide bonds. The third-order valence-corrected chi connectivity index (χ3v) is 5.75. The first-order chi connectivity index (χ1) is 15.2. The van der Waals surface area contributed by atoms with Gasteiger partial charge in [-0.2, -0.15) is 0 Å². The number of nitrogens with two attached hydrogens (primary N) is 1. The number of nitrogens with one attached hydrogen (secondary N) is 1. The van der Waals surface area contributed by atoms with Crippen molar-refractivity contribution in [2.45, 2.75) is 32.4 Å². The monoisotopic (exact) mass is 424 g/mol. The first-order valence-electron chi connectivity index (χ1n) is 11.0. The fraction of sp³-hybridized carbons (Fsp3) is 0.478. The van der Waals surface area contributed by atoms with Gasteiger partial charge in [0.1, 0.15) is 18.1 Å². The molecule has 1 aromatic carbocycles. The molecule has 0 bridgehead atoms. The lowest BCUT2D eigenvalue weighted by atomic mass is 10.1. The Morgan fingerprint density at radius 3 is 2.74 bits per heavy atom. The molecule has 31 heavy (non-hydrogen) atoms. The Morgan fingerprint density at radius 2 is 1.97 bits per heavy atom. The number of benzene rings is 1. The Morgan fingerprint density at radius 1 is 1.16 bits per heavy atom. The number of imidazole rings is 1. The van der Waals surface area contributed by atoms with Crippen molar-refractivity contribution >= 4 is 17.0 Å². The highest BCUT2D eigenvalue weighted by Gasteiger charge is 2.21. The fourth-order valence-corrected chi connectivity index (χ4v) is 4.16. The van der Waals surface area contributed by atoms with Gasteiger partial charge in [0.15, 0.2) is 0 Å². The van der Waals surface area contributed by atoms with Crippen molar-refractivity contribution in [3.63, 3.8) is 0 Å². The largest absolute Gasteiger partial charge is 0.489 e. The number of aliphatic hydroxyl groups is 1. The van der Waals surface area contributed by atoms with E-state index >= 15 is 0 Å². The summed E-state index contributed by atoms with van der Waals surface area (Å²) < 4.78 is 7.92. The molecule has 0 unspecified atom stereocenters. The van der Waals surface area contributed by atoms with Gasteiger partial charge in [-0.15, -0.1) is 0 Å². The van der Waals surface area contributed by atoms with Gasteiger partial charge in [0.2, 0.25) is 5.95 Å². The highest BCUT2D eigenvalue weighted by molar-refractivity contribution is 5.78. The summed E-state index contributed by atoms with van der Waals surface area (Å²) in [6, 6.07) is 12.4. The lowest BCUT2D eigenvalue weighted by Gasteiger charge is -2.32. The molecule has 3 aromatic rings. The molecular formula is C23H32N6O2. The molecule has 4 rings (SSSR count). The second-order valence-corrected chi connectivity index (χ2v) is 8.03. The average Bonchev–Trinajstić information content (AvgIpc) is 3.12. The van der Waals surface area contributed by atoms with Crippen molar-refractivity contribution in [1.29, 1.82) is 0 Å². The lowest BCUT2D eigenvalue weighted by molar-refractivity contribution is 0.199. The van der Waals surface area contributed by atoms with E-state index in [1.54, 1.807) is 0 Å². The number of aliphatic hydroxyl groups excluding tert-OH is 1. The van der Waals surface area contributed by atoms with Gasteiger partial charge in [-0.3, -0.25) is 4.98 Å². The van der Waals surface area contributed by atoms with E-state index < -0.39 is 0 Å². The smallest absolute Gasteiger partial charge is 0.204 e. The van der Waals surface area contributed by atoms with E-state index in [2.05, 4.69) is 20.9 Å². The first-order valence-corrected chi connectivity index (χ1v) is 11.0. The van der Waals surface area contributed by atoms with E-state index in [9.17, 15) is 0 Å². The summed E-state index contributed by atoms with van der Waals surface area (Å²) in [4.78, 5) is 12.0. The van der Waals surface area contributed by atoms with Crippen molar-refractivity contribution in [2.24, 2.45) is 5.73 Å². The van der Waals surface area contributed by atoms with Crippen molar-refractivity contribution < 1.29 is 9.84 Å². The molecule has 0 spiro atoms. The van der Waals surface area contributed by atoms with Gasteiger partial charge in [0.05, 0.1) is 24.2 Å². The number of aryl methyl sites for hydroxylation is 1. The van der Waals surface area contributed by atoms with Crippen molar-refractivity contribution in [3.05, 3.63) is 47.8 Å². The predicted octanol–water partition coefficient (Wildman–Crippen LogP) is 1.99. The Hall–Kier alpha value is -2.68. The van der Waals surface area contributed by atoms with Gasteiger partial charge in [-0.25, -0.2) is 4.98 Å². The first kappa shape index (κ1) is 21.5. The van der Waals surface area contributed by atoms with E-state index in [0.717, 1.165) is 60.8 Å². The summed E-state index contributed by atoms with van der Waals surface area (Å²) in [6.45, 7) is 6.49. The molecule has 3 heterocycles. The Bertz CT molecular complexity index is 997. The SMILES string of the molecule is Cc1ccc(OCCO)c(Cn2c(NC3CCN(CCN)CC3)nc3ccccc32)n1. The minimum atomic E-state index is -0.0308. The van der Waals surface area contributed by atoms with E-state index in [1.807, 2.05) is 37.3 Å². The molecule has 0 saturated carbocycles. The second kappa shape index (κ2) is 10.1. The summed E-state index contributed by atoms with van der Waals surface area (Å²) in [7, 11) is 0. The topological polar surface area (TPSA) is 101 Å². The van der Waals surface area contributed by atoms with Crippen LogP contribution in [0.5, 0.6) is 5.75 Å². The Balaban J connectivity index is 1.60. The number of fused-ring (bicyclic) bond motifs is 1. The minimum Gasteiger partial charge on any atom is -0.489 e. The maximum absolute atomic E-state index is 9.17. The van der Waals surface area contributed by atoms with Crippen LogP contribution < -0.4 is 15.8 Å². The van der Waals surface area contributed by atoms with Crippen LogP contribution in [0.3, 0.4) is 0 Å². The number of likely N-dealkylation sites (tertiary alicyclic amines) is 1. The van der Waals surface area contributed by atoms with Crippen LogP contribution in [-0.4, -0.2) is 70.0 Å². The van der Waals surface area contributed by atoms with Gasteiger partial charge in [0.25, 0.3) is 0 Å². The number of aromatic nitrogens is 3. The zero-order valence-corrected chi connectivity index (χ0v) is 18.1. The highest BCUT2D eigenvalue weighted by atomic mass is 16.5. The van der Waals surface area contributed by atoms with Crippen LogP contribution in [0.15, 0.2) is 36.4 Å². The van der Waals surface area contributed by atoms with Crippen LogP contribution in [-0.2, 0) is 6.54 Å². The molecule has 1 fully saturated rings. The van der Waals surface area contributed by atoms with E-state index in [4.69, 9.17) is 25.5 Å². The summed E-state index contributed by atoms with van der Waals surface area (Å²) >= 11 is 0. The zero-order valence-electron chi connectivity index (χ0n) is 18.1. The maximum atomic E-state index is 9.17. The second-order valence-electron chi connectivity index (χ2n) is 8.03. The molecule has 0 atom stereocenters. The fourth-order valence-electron chi connectivity index (χ4n) is 4.16. The average molecular weight is 425 g/mol. The van der Waals surface area contributed by atoms with E-state index in [0.29, 0.717) is 24.9 Å². The number of hydrogen-bond donors (Lipinski definition) is 3. The summed E-state index contributed by atoms with van der Waals surface area (Å²) in [6.07, 6.45) is 2.13. The molecule has 8 heteroatoms. The molecule has 0 radical (unpaired) electrons. The molecule has 1 saturated heterocycles. The molecule has 1 aliphatic heterocycles. The van der Waals surface area contributed by atoms with Gasteiger partial charge in [-0.1, -0.05) is 12.1 Å². The third kappa shape index (κ3) is 5.15. The number of anilines is 1. The van der Waals surface area contributed by atoms with E-state index in [-0.39, 0.29) is 13.2 Å². The van der Waals surface area contributed by atoms with Crippen LogP contribution in [0.2, 0.25) is 0 Å². The minimum absolute atomic E-state index is 0.0308. The molecule has 8 nitrogen and oxygen atoms in total. The number of ether oxygens (including phenoxy) is 1. The molecular weight excluding hydrogens is 392 g/mol. The number of rotatable bonds is 9. The van der Waals surface area contributed by atoms with Crippen LogP contribution in [0, 0.1) is 6.92 Å². The maximum Gasteiger partial charge on any atom is 0.204 e. The van der Waals surface area contributed by atoms with Gasteiger partial charge < -0.3 is 30.4 Å². The number of pyridine rings is 1. The summed E-state index contributed by atoms with van der Waals surface area (Å²) in [5.41, 5.74) is 9.48. The molecule has 1 aliphatic rings. The number of nitrogens with zero attached hydrogens (tertiary/aromatic N) is 4. The quantitative estimate of drug-likeness (QED) is 0.483. The van der Waals surface area contributed by atoms with Gasteiger partial charge in [0, 0.05) is 37.9 Å². The lowest BCUT2D eigenvalue weighted by Crippen LogP contribution is -2.41. The molecule has 0 aliphatic carbocycles. The number of para-hydroxylation sites is 2. The van der Waals surface area contributed by atoms with Gasteiger partial charge >= 0.3 is 0 Å². The van der Waals surface area contributed by atoms with Crippen LogP contribution in [0.25, 0.3) is 11.0 Å².